The molecule has 1 saturated carbocycles. The van der Waals surface area contributed by atoms with E-state index < -0.39 is 0 Å². The van der Waals surface area contributed by atoms with Crippen LogP contribution in [0.25, 0.3) is 0 Å². The second kappa shape index (κ2) is 5.89. The van der Waals surface area contributed by atoms with Gasteiger partial charge in [-0.2, -0.15) is 0 Å². The van der Waals surface area contributed by atoms with Gasteiger partial charge in [0.05, 0.1) is 12.5 Å². The number of hydrogen-bond donors (Lipinski definition) is 0. The lowest BCUT2D eigenvalue weighted by molar-refractivity contribution is -0.151. The van der Waals surface area contributed by atoms with E-state index in [2.05, 4.69) is 0 Å². The Balaban J connectivity index is 2.33. The van der Waals surface area contributed by atoms with Gasteiger partial charge in [-0.1, -0.05) is 13.3 Å². The zero-order chi connectivity index (χ0) is 11.3. The molecule has 3 heteroatoms. The van der Waals surface area contributed by atoms with Crippen LogP contribution in [0.3, 0.4) is 0 Å². The molecule has 2 unspecified atom stereocenters. The summed E-state index contributed by atoms with van der Waals surface area (Å²) in [6.07, 6.45) is 4.61. The van der Waals surface area contributed by atoms with Gasteiger partial charge in [0.1, 0.15) is 5.78 Å². The molecule has 0 aromatic carbocycles. The number of carbonyl (C=O) groups excluding carboxylic acids is 2. The smallest absolute Gasteiger partial charge is 0.306 e. The van der Waals surface area contributed by atoms with Crippen LogP contribution in [0.5, 0.6) is 0 Å². The summed E-state index contributed by atoms with van der Waals surface area (Å²) < 4.78 is 5.16. The van der Waals surface area contributed by atoms with Crippen molar-refractivity contribution >= 4 is 11.8 Å². The number of rotatable bonds is 4. The highest BCUT2D eigenvalue weighted by Gasteiger charge is 2.25. The topological polar surface area (TPSA) is 43.4 Å². The molecule has 2 atom stereocenters. The maximum absolute atomic E-state index is 11.5. The van der Waals surface area contributed by atoms with Crippen LogP contribution in [0.1, 0.15) is 52.4 Å². The normalized spacial score (nSPS) is 23.6. The summed E-state index contributed by atoms with van der Waals surface area (Å²) in [5.74, 6) is -0.0535. The minimum Gasteiger partial charge on any atom is -0.463 e. The Labute approximate surface area is 91.2 Å². The number of carbonyl (C=O) groups is 2. The highest BCUT2D eigenvalue weighted by molar-refractivity contribution is 5.85. The van der Waals surface area contributed by atoms with E-state index in [-0.39, 0.29) is 30.2 Å². The summed E-state index contributed by atoms with van der Waals surface area (Å²) in [5, 5.41) is 0. The first-order valence-corrected chi connectivity index (χ1v) is 5.85. The molecule has 0 heterocycles. The van der Waals surface area contributed by atoms with Crippen LogP contribution in [0.15, 0.2) is 0 Å². The highest BCUT2D eigenvalue weighted by atomic mass is 16.5. The first-order chi connectivity index (χ1) is 7.13. The fourth-order valence-electron chi connectivity index (χ4n) is 1.83. The van der Waals surface area contributed by atoms with E-state index in [1.54, 1.807) is 0 Å². The zero-order valence-corrected chi connectivity index (χ0v) is 9.62. The van der Waals surface area contributed by atoms with Crippen molar-refractivity contribution in [3.05, 3.63) is 0 Å². The third-order valence-electron chi connectivity index (χ3n) is 3.00. The molecule has 1 aliphatic rings. The molecular weight excluding hydrogens is 192 g/mol. The maximum atomic E-state index is 11.5. The Hall–Kier alpha value is -0.860. The van der Waals surface area contributed by atoms with E-state index in [0.717, 1.165) is 25.7 Å². The molecule has 0 saturated heterocycles. The molecule has 0 aliphatic heterocycles. The molecule has 0 radical (unpaired) electrons. The van der Waals surface area contributed by atoms with E-state index >= 15 is 0 Å². The summed E-state index contributed by atoms with van der Waals surface area (Å²) in [7, 11) is 0. The average molecular weight is 212 g/mol. The van der Waals surface area contributed by atoms with Crippen molar-refractivity contribution < 1.29 is 14.3 Å². The molecule has 1 aliphatic carbocycles. The van der Waals surface area contributed by atoms with Gasteiger partial charge in [-0.25, -0.2) is 0 Å². The number of ether oxygens (including phenoxy) is 1. The van der Waals surface area contributed by atoms with E-state index in [9.17, 15) is 9.59 Å². The van der Waals surface area contributed by atoms with Crippen LogP contribution in [0.4, 0.5) is 0 Å². The fourth-order valence-corrected chi connectivity index (χ4v) is 1.83. The minimum absolute atomic E-state index is 0.0313. The molecule has 15 heavy (non-hydrogen) atoms. The van der Waals surface area contributed by atoms with Gasteiger partial charge >= 0.3 is 5.97 Å². The van der Waals surface area contributed by atoms with E-state index in [0.29, 0.717) is 6.42 Å². The zero-order valence-electron chi connectivity index (χ0n) is 9.62. The Morgan fingerprint density at radius 2 is 2.27 bits per heavy atom. The van der Waals surface area contributed by atoms with Crippen LogP contribution < -0.4 is 0 Å². The second-order valence-electron chi connectivity index (χ2n) is 4.32. The second-order valence-corrected chi connectivity index (χ2v) is 4.32. The number of hydrogen-bond acceptors (Lipinski definition) is 3. The lowest BCUT2D eigenvalue weighted by Crippen LogP contribution is -2.24. The molecule has 0 amide bonds. The van der Waals surface area contributed by atoms with Crippen molar-refractivity contribution in [3.8, 4) is 0 Å². The van der Waals surface area contributed by atoms with Gasteiger partial charge in [-0.3, -0.25) is 9.59 Å². The van der Waals surface area contributed by atoms with Gasteiger partial charge < -0.3 is 4.74 Å². The predicted octanol–water partition coefficient (Wildman–Crippen LogP) is 2.48. The summed E-state index contributed by atoms with van der Waals surface area (Å²) in [6, 6.07) is 0. The van der Waals surface area contributed by atoms with Gasteiger partial charge in [0.15, 0.2) is 0 Å². The Bertz CT molecular complexity index is 235. The SMILES string of the molecule is CCC(C)OC(=O)CC1CCCCC1=O. The van der Waals surface area contributed by atoms with Crippen molar-refractivity contribution in [3.63, 3.8) is 0 Å². The van der Waals surface area contributed by atoms with Crippen LogP contribution in [0, 0.1) is 5.92 Å². The largest absolute Gasteiger partial charge is 0.463 e. The van der Waals surface area contributed by atoms with E-state index in [1.807, 2.05) is 13.8 Å². The maximum Gasteiger partial charge on any atom is 0.306 e. The number of ketones is 1. The summed E-state index contributed by atoms with van der Waals surface area (Å²) in [6.45, 7) is 3.85. The van der Waals surface area contributed by atoms with Crippen molar-refractivity contribution in [1.29, 1.82) is 0 Å². The predicted molar refractivity (Wildman–Crippen MR) is 57.4 cm³/mol. The third-order valence-corrected chi connectivity index (χ3v) is 3.00. The van der Waals surface area contributed by atoms with Gasteiger partial charge in [0.25, 0.3) is 0 Å². The molecule has 0 N–H and O–H groups in total. The summed E-state index contributed by atoms with van der Waals surface area (Å²) >= 11 is 0. The highest BCUT2D eigenvalue weighted by Crippen LogP contribution is 2.23. The van der Waals surface area contributed by atoms with Crippen molar-refractivity contribution in [2.24, 2.45) is 5.92 Å². The Kier molecular flexibility index (Phi) is 4.79. The standard InChI is InChI=1S/C12H20O3/c1-3-9(2)15-12(14)8-10-6-4-5-7-11(10)13/h9-10H,3-8H2,1-2H3. The van der Waals surface area contributed by atoms with Crippen molar-refractivity contribution in [2.75, 3.05) is 0 Å². The van der Waals surface area contributed by atoms with Crippen molar-refractivity contribution in [1.82, 2.24) is 0 Å². The monoisotopic (exact) mass is 212 g/mol. The number of esters is 1. The fraction of sp³-hybridized carbons (Fsp3) is 0.833. The first-order valence-electron chi connectivity index (χ1n) is 5.85. The third kappa shape index (κ3) is 4.02. The molecule has 0 aromatic rings. The van der Waals surface area contributed by atoms with E-state index in [4.69, 9.17) is 4.74 Å². The first kappa shape index (κ1) is 12.2. The summed E-state index contributed by atoms with van der Waals surface area (Å²) in [5.41, 5.74) is 0. The van der Waals surface area contributed by atoms with Crippen LogP contribution in [-0.4, -0.2) is 17.9 Å². The Morgan fingerprint density at radius 1 is 1.53 bits per heavy atom. The summed E-state index contributed by atoms with van der Waals surface area (Å²) in [4.78, 5) is 22.9. The van der Waals surface area contributed by atoms with Crippen LogP contribution >= 0.6 is 0 Å². The van der Waals surface area contributed by atoms with Crippen LogP contribution in [-0.2, 0) is 14.3 Å². The van der Waals surface area contributed by atoms with Crippen LogP contribution in [0.2, 0.25) is 0 Å². The molecular formula is C12H20O3. The molecule has 86 valence electrons. The average Bonchev–Trinajstić information content (AvgIpc) is 2.21. The van der Waals surface area contributed by atoms with Gasteiger partial charge in [0, 0.05) is 12.3 Å². The quantitative estimate of drug-likeness (QED) is 0.672. The number of Topliss-reactive ketones (excluding diaryl/α,β-unsaturated/α-hetero) is 1. The van der Waals surface area contributed by atoms with Gasteiger partial charge in [-0.05, 0) is 26.2 Å². The minimum atomic E-state index is -0.218. The molecule has 0 aromatic heterocycles. The molecule has 3 nitrogen and oxygen atoms in total. The molecule has 0 spiro atoms. The van der Waals surface area contributed by atoms with E-state index in [1.165, 1.54) is 0 Å². The van der Waals surface area contributed by atoms with Crippen molar-refractivity contribution in [2.45, 2.75) is 58.5 Å². The lowest BCUT2D eigenvalue weighted by atomic mass is 9.86. The van der Waals surface area contributed by atoms with Gasteiger partial charge in [0.2, 0.25) is 0 Å². The Morgan fingerprint density at radius 3 is 2.87 bits per heavy atom. The molecule has 1 fully saturated rings. The molecule has 0 bridgehead atoms. The van der Waals surface area contributed by atoms with Gasteiger partial charge in [-0.15, -0.1) is 0 Å². The molecule has 1 rings (SSSR count). The lowest BCUT2D eigenvalue weighted by Gasteiger charge is -2.20.